The summed E-state index contributed by atoms with van der Waals surface area (Å²) in [6, 6.07) is 5.89. The molecule has 1 aliphatic carbocycles. The number of fused-ring (bicyclic) bond motifs is 1. The van der Waals surface area contributed by atoms with Crippen molar-refractivity contribution in [1.82, 2.24) is 9.55 Å². The summed E-state index contributed by atoms with van der Waals surface area (Å²) in [5.74, 6) is 0.177. The lowest BCUT2D eigenvalue weighted by Crippen LogP contribution is -3.05. The van der Waals surface area contributed by atoms with Crippen molar-refractivity contribution < 1.29 is 9.69 Å². The van der Waals surface area contributed by atoms with E-state index in [1.165, 1.54) is 16.7 Å². The fourth-order valence-electron chi connectivity index (χ4n) is 3.73. The van der Waals surface area contributed by atoms with E-state index in [1.54, 1.807) is 0 Å². The molecule has 0 aliphatic heterocycles. The van der Waals surface area contributed by atoms with Crippen molar-refractivity contribution in [2.24, 2.45) is 0 Å². The highest BCUT2D eigenvalue weighted by molar-refractivity contribution is 8.00. The van der Waals surface area contributed by atoms with Gasteiger partial charge in [-0.25, -0.2) is 4.79 Å². The number of nitrogens with one attached hydrogen (secondary N) is 2. The van der Waals surface area contributed by atoms with Crippen molar-refractivity contribution in [2.75, 3.05) is 31.7 Å². The fourth-order valence-corrected chi connectivity index (χ4v) is 4.61. The van der Waals surface area contributed by atoms with Crippen molar-refractivity contribution in [3.63, 3.8) is 0 Å². The Kier molecular flexibility index (Phi) is 7.14. The monoisotopic (exact) mass is 415 g/mol. The van der Waals surface area contributed by atoms with Crippen LogP contribution in [0.4, 0.5) is 5.69 Å². The molecule has 0 radical (unpaired) electrons. The van der Waals surface area contributed by atoms with Gasteiger partial charge in [0.1, 0.15) is 5.03 Å². The van der Waals surface area contributed by atoms with Crippen molar-refractivity contribution in [3.8, 4) is 0 Å². The van der Waals surface area contributed by atoms with Gasteiger partial charge in [-0.3, -0.25) is 9.36 Å². The van der Waals surface area contributed by atoms with Gasteiger partial charge in [0, 0.05) is 29.9 Å². The Balaban J connectivity index is 1.69. The van der Waals surface area contributed by atoms with Crippen molar-refractivity contribution in [2.45, 2.75) is 51.1 Å². The second-order valence-corrected chi connectivity index (χ2v) is 8.99. The van der Waals surface area contributed by atoms with Crippen LogP contribution in [-0.2, 0) is 24.2 Å². The molecular formula is C22H31N4O2S+. The zero-order valence-electron chi connectivity index (χ0n) is 17.8. The van der Waals surface area contributed by atoms with Gasteiger partial charge in [-0.2, -0.15) is 4.98 Å². The summed E-state index contributed by atoms with van der Waals surface area (Å²) in [4.78, 5) is 30.8. The third-order valence-corrected chi connectivity index (χ3v) is 6.50. The number of thioether (sulfide) groups is 1. The van der Waals surface area contributed by atoms with Crippen molar-refractivity contribution in [1.29, 1.82) is 0 Å². The molecular weight excluding hydrogens is 384 g/mol. The molecule has 0 bridgehead atoms. The first-order valence-corrected chi connectivity index (χ1v) is 11.3. The highest BCUT2D eigenvalue weighted by Gasteiger charge is 2.22. The van der Waals surface area contributed by atoms with Crippen LogP contribution in [0.25, 0.3) is 0 Å². The predicted octanol–water partition coefficient (Wildman–Crippen LogP) is 1.61. The van der Waals surface area contributed by atoms with Crippen molar-refractivity contribution >= 4 is 23.4 Å². The number of aromatic nitrogens is 2. The van der Waals surface area contributed by atoms with E-state index in [0.717, 1.165) is 71.9 Å². The maximum Gasteiger partial charge on any atom is 0.348 e. The van der Waals surface area contributed by atoms with Crippen LogP contribution in [-0.4, -0.2) is 41.9 Å². The summed E-state index contributed by atoms with van der Waals surface area (Å²) >= 11 is 1.37. The maximum absolute atomic E-state index is 12.6. The smallest absolute Gasteiger partial charge is 0.340 e. The number of benzene rings is 1. The van der Waals surface area contributed by atoms with Gasteiger partial charge in [0.05, 0.1) is 26.4 Å². The van der Waals surface area contributed by atoms with Gasteiger partial charge < -0.3 is 10.2 Å². The van der Waals surface area contributed by atoms with E-state index in [0.29, 0.717) is 0 Å². The summed E-state index contributed by atoms with van der Waals surface area (Å²) in [7, 11) is 4.24. The largest absolute Gasteiger partial charge is 0.348 e. The van der Waals surface area contributed by atoms with Crippen molar-refractivity contribution in [3.05, 3.63) is 51.1 Å². The van der Waals surface area contributed by atoms with Gasteiger partial charge in [-0.05, 0) is 50.3 Å². The van der Waals surface area contributed by atoms with Gasteiger partial charge in [-0.15, -0.1) is 0 Å². The molecule has 1 aromatic heterocycles. The van der Waals surface area contributed by atoms with E-state index in [9.17, 15) is 9.59 Å². The number of hydrogen-bond acceptors (Lipinski definition) is 4. The van der Waals surface area contributed by atoms with Crippen LogP contribution < -0.4 is 15.9 Å². The SMILES string of the molecule is Cc1cccc(NC(=O)CSc2nc(=O)n(CCC[NH+](C)C)c3c2CCC3)c1C. The van der Waals surface area contributed by atoms with E-state index >= 15 is 0 Å². The van der Waals surface area contributed by atoms with E-state index in [2.05, 4.69) is 24.4 Å². The molecule has 0 fully saturated rings. The first-order valence-electron chi connectivity index (χ1n) is 10.3. The molecule has 1 aromatic carbocycles. The predicted molar refractivity (Wildman–Crippen MR) is 118 cm³/mol. The molecule has 0 unspecified atom stereocenters. The molecule has 2 N–H and O–H groups in total. The molecule has 1 heterocycles. The number of amides is 1. The van der Waals surface area contributed by atoms with Gasteiger partial charge in [-0.1, -0.05) is 23.9 Å². The molecule has 29 heavy (non-hydrogen) atoms. The minimum absolute atomic E-state index is 0.0737. The lowest BCUT2D eigenvalue weighted by Gasteiger charge is -2.15. The minimum Gasteiger partial charge on any atom is -0.340 e. The molecule has 156 valence electrons. The Morgan fingerprint density at radius 1 is 1.28 bits per heavy atom. The van der Waals surface area contributed by atoms with E-state index in [4.69, 9.17) is 0 Å². The van der Waals surface area contributed by atoms with E-state index in [-0.39, 0.29) is 17.3 Å². The van der Waals surface area contributed by atoms with Crippen LogP contribution in [0, 0.1) is 13.8 Å². The summed E-state index contributed by atoms with van der Waals surface area (Å²) in [6.07, 6.45) is 3.86. The third-order valence-electron chi connectivity index (χ3n) is 5.48. The topological polar surface area (TPSA) is 68.4 Å². The van der Waals surface area contributed by atoms with Gasteiger partial charge in [0.25, 0.3) is 0 Å². The number of rotatable bonds is 8. The van der Waals surface area contributed by atoms with Gasteiger partial charge in [0.15, 0.2) is 0 Å². The summed E-state index contributed by atoms with van der Waals surface area (Å²) < 4.78 is 1.85. The molecule has 6 nitrogen and oxygen atoms in total. The highest BCUT2D eigenvalue weighted by atomic mass is 32.2. The zero-order valence-corrected chi connectivity index (χ0v) is 18.6. The lowest BCUT2D eigenvalue weighted by atomic mass is 10.1. The number of hydrogen-bond donors (Lipinski definition) is 2. The van der Waals surface area contributed by atoms with Crippen LogP contribution in [0.1, 0.15) is 35.2 Å². The summed E-state index contributed by atoms with van der Waals surface area (Å²) in [5, 5.41) is 3.71. The Hall–Kier alpha value is -2.12. The quantitative estimate of drug-likeness (QED) is 0.508. The first kappa shape index (κ1) is 21.6. The van der Waals surface area contributed by atoms with Gasteiger partial charge >= 0.3 is 5.69 Å². The van der Waals surface area contributed by atoms with Crippen LogP contribution in [0.3, 0.4) is 0 Å². The molecule has 7 heteroatoms. The summed E-state index contributed by atoms with van der Waals surface area (Å²) in [5.41, 5.74) is 5.16. The number of quaternary nitrogens is 1. The second kappa shape index (κ2) is 9.59. The number of nitrogens with zero attached hydrogens (tertiary/aromatic N) is 2. The number of carbonyl (C=O) groups is 1. The van der Waals surface area contributed by atoms with Crippen LogP contribution in [0.2, 0.25) is 0 Å². The first-order chi connectivity index (χ1) is 13.9. The molecule has 0 saturated heterocycles. The number of aryl methyl sites for hydroxylation is 1. The molecule has 3 rings (SSSR count). The Labute approximate surface area is 176 Å². The third kappa shape index (κ3) is 5.28. The molecule has 0 atom stereocenters. The minimum atomic E-state index is -0.183. The molecule has 1 aliphatic rings. The summed E-state index contributed by atoms with van der Waals surface area (Å²) in [6.45, 7) is 5.78. The Bertz CT molecular complexity index is 953. The number of anilines is 1. The molecule has 2 aromatic rings. The standard InChI is InChI=1S/C22H30N4O2S/c1-15-8-5-10-18(16(15)2)23-20(27)14-29-21-17-9-6-11-19(17)26(22(28)24-21)13-7-12-25(3)4/h5,8,10H,6-7,9,11-14H2,1-4H3,(H,23,27)/p+1. The van der Waals surface area contributed by atoms with E-state index < -0.39 is 0 Å². The second-order valence-electron chi connectivity index (χ2n) is 8.02. The van der Waals surface area contributed by atoms with E-state index in [1.807, 2.05) is 36.6 Å². The molecule has 0 spiro atoms. The number of carbonyl (C=O) groups excluding carboxylic acids is 1. The Morgan fingerprint density at radius 3 is 2.83 bits per heavy atom. The van der Waals surface area contributed by atoms with Crippen LogP contribution in [0.15, 0.2) is 28.0 Å². The van der Waals surface area contributed by atoms with Gasteiger partial charge in [0.2, 0.25) is 5.91 Å². The van der Waals surface area contributed by atoms with Crippen LogP contribution >= 0.6 is 11.8 Å². The molecule has 1 amide bonds. The molecule has 0 saturated carbocycles. The highest BCUT2D eigenvalue weighted by Crippen LogP contribution is 2.29. The normalized spacial score (nSPS) is 13.0. The Morgan fingerprint density at radius 2 is 2.07 bits per heavy atom. The zero-order chi connectivity index (χ0) is 21.0. The lowest BCUT2D eigenvalue weighted by molar-refractivity contribution is -0.858. The fraction of sp³-hybridized carbons (Fsp3) is 0.500. The average molecular weight is 416 g/mol. The average Bonchev–Trinajstić information content (AvgIpc) is 3.15. The maximum atomic E-state index is 12.6. The van der Waals surface area contributed by atoms with Crippen LogP contribution in [0.5, 0.6) is 0 Å².